The number of nitrogen functional groups attached to an aromatic ring is 1. The van der Waals surface area contributed by atoms with E-state index in [1.165, 1.54) is 30.3 Å². The molecule has 0 aliphatic heterocycles. The van der Waals surface area contributed by atoms with Gasteiger partial charge in [-0.05, 0) is 30.3 Å². The molecular formula is C13H11N3O3S. The Bertz CT molecular complexity index is 767. The molecule has 0 aliphatic carbocycles. The van der Waals surface area contributed by atoms with Gasteiger partial charge in [0.05, 0.1) is 16.9 Å². The van der Waals surface area contributed by atoms with Crippen molar-refractivity contribution in [3.63, 3.8) is 0 Å². The zero-order valence-electron chi connectivity index (χ0n) is 10.3. The molecule has 0 aliphatic rings. The highest BCUT2D eigenvalue weighted by Crippen LogP contribution is 2.32. The first-order chi connectivity index (χ1) is 9.43. The van der Waals surface area contributed by atoms with Gasteiger partial charge in [-0.2, -0.15) is 13.7 Å². The van der Waals surface area contributed by atoms with Crippen LogP contribution in [0.2, 0.25) is 0 Å². The van der Waals surface area contributed by atoms with Gasteiger partial charge in [-0.25, -0.2) is 4.31 Å². The summed E-state index contributed by atoms with van der Waals surface area (Å²) in [5.41, 5.74) is 6.20. The van der Waals surface area contributed by atoms with E-state index in [0.717, 1.165) is 0 Å². The molecule has 6 nitrogen and oxygen atoms in total. The lowest BCUT2D eigenvalue weighted by atomic mass is 10.1. The monoisotopic (exact) mass is 289 g/mol. The van der Waals surface area contributed by atoms with Crippen LogP contribution in [0.15, 0.2) is 48.5 Å². The Morgan fingerprint density at radius 2 is 1.80 bits per heavy atom. The van der Waals surface area contributed by atoms with Crippen molar-refractivity contribution in [1.29, 1.82) is 5.26 Å². The fraction of sp³-hybridized carbons (Fsp3) is 0. The molecule has 3 N–H and O–H groups in total. The lowest BCUT2D eigenvalue weighted by Crippen LogP contribution is -2.26. The molecule has 2 aromatic rings. The summed E-state index contributed by atoms with van der Waals surface area (Å²) in [6.07, 6.45) is 0. The van der Waals surface area contributed by atoms with Crippen molar-refractivity contribution in [3.8, 4) is 6.07 Å². The summed E-state index contributed by atoms with van der Waals surface area (Å²) >= 11 is 0. The third-order valence-electron chi connectivity index (χ3n) is 2.58. The van der Waals surface area contributed by atoms with Crippen LogP contribution in [0.5, 0.6) is 0 Å². The minimum atomic E-state index is -4.59. The van der Waals surface area contributed by atoms with Gasteiger partial charge >= 0.3 is 10.3 Å². The predicted molar refractivity (Wildman–Crippen MR) is 75.7 cm³/mol. The van der Waals surface area contributed by atoms with Gasteiger partial charge in [0.1, 0.15) is 6.07 Å². The van der Waals surface area contributed by atoms with Crippen molar-refractivity contribution < 1.29 is 13.0 Å². The zero-order valence-corrected chi connectivity index (χ0v) is 11.1. The minimum absolute atomic E-state index is 0.00111. The average Bonchev–Trinajstić information content (AvgIpc) is 2.39. The van der Waals surface area contributed by atoms with Gasteiger partial charge in [0, 0.05) is 5.69 Å². The van der Waals surface area contributed by atoms with Crippen LogP contribution in [0.25, 0.3) is 0 Å². The molecule has 0 heterocycles. The third-order valence-corrected chi connectivity index (χ3v) is 3.45. The highest BCUT2D eigenvalue weighted by atomic mass is 32.2. The maximum atomic E-state index is 11.6. The molecule has 0 atom stereocenters. The number of nitriles is 1. The highest BCUT2D eigenvalue weighted by Gasteiger charge is 2.24. The third kappa shape index (κ3) is 2.71. The van der Waals surface area contributed by atoms with Crippen molar-refractivity contribution in [3.05, 3.63) is 54.1 Å². The van der Waals surface area contributed by atoms with E-state index in [2.05, 4.69) is 0 Å². The van der Waals surface area contributed by atoms with Gasteiger partial charge in [-0.3, -0.25) is 4.55 Å². The van der Waals surface area contributed by atoms with Crippen molar-refractivity contribution in [2.45, 2.75) is 0 Å². The van der Waals surface area contributed by atoms with Crippen LogP contribution in [-0.2, 0) is 10.3 Å². The number of nitrogens with zero attached hydrogens (tertiary/aromatic N) is 2. The summed E-state index contributed by atoms with van der Waals surface area (Å²) in [7, 11) is -4.59. The van der Waals surface area contributed by atoms with E-state index >= 15 is 0 Å². The summed E-state index contributed by atoms with van der Waals surface area (Å²) in [5, 5.41) is 9.08. The SMILES string of the molecule is N#Cc1ccc(N)cc1N(c1ccccc1)S(=O)(=O)O. The first-order valence-corrected chi connectivity index (χ1v) is 6.95. The molecule has 0 saturated heterocycles. The second-order valence-electron chi connectivity index (χ2n) is 3.97. The van der Waals surface area contributed by atoms with E-state index in [9.17, 15) is 13.0 Å². The molecule has 0 saturated carbocycles. The van der Waals surface area contributed by atoms with Crippen molar-refractivity contribution >= 4 is 27.4 Å². The lowest BCUT2D eigenvalue weighted by molar-refractivity contribution is 0.483. The molecule has 0 bridgehead atoms. The molecule has 2 rings (SSSR count). The Balaban J connectivity index is 2.72. The minimum Gasteiger partial charge on any atom is -0.399 e. The summed E-state index contributed by atoms with van der Waals surface area (Å²) in [6.45, 7) is 0. The average molecular weight is 289 g/mol. The molecule has 0 aromatic heterocycles. The van der Waals surface area contributed by atoms with Crippen molar-refractivity contribution in [2.24, 2.45) is 0 Å². The molecule has 7 heteroatoms. The van der Waals surface area contributed by atoms with E-state index in [1.54, 1.807) is 18.2 Å². The summed E-state index contributed by atoms with van der Waals surface area (Å²) in [4.78, 5) is 0. The lowest BCUT2D eigenvalue weighted by Gasteiger charge is -2.22. The maximum absolute atomic E-state index is 11.6. The molecule has 0 spiro atoms. The van der Waals surface area contributed by atoms with Crippen molar-refractivity contribution in [2.75, 3.05) is 10.0 Å². The molecule has 0 amide bonds. The van der Waals surface area contributed by atoms with E-state index in [1.807, 2.05) is 6.07 Å². The molecule has 0 unspecified atom stereocenters. The first kappa shape index (κ1) is 13.9. The number of rotatable bonds is 3. The summed E-state index contributed by atoms with van der Waals surface area (Å²) in [5.74, 6) is 0. The van der Waals surface area contributed by atoms with Crippen LogP contribution >= 0.6 is 0 Å². The second-order valence-corrected chi connectivity index (χ2v) is 5.23. The van der Waals surface area contributed by atoms with E-state index in [-0.39, 0.29) is 22.6 Å². The van der Waals surface area contributed by atoms with E-state index in [0.29, 0.717) is 4.31 Å². The second kappa shape index (κ2) is 5.21. The largest absolute Gasteiger partial charge is 0.399 e. The quantitative estimate of drug-likeness (QED) is 0.664. The van der Waals surface area contributed by atoms with Gasteiger partial charge in [0.2, 0.25) is 0 Å². The number of hydrogen-bond acceptors (Lipinski definition) is 4. The normalized spacial score (nSPS) is 10.8. The molecular weight excluding hydrogens is 278 g/mol. The van der Waals surface area contributed by atoms with Gasteiger partial charge in [-0.15, -0.1) is 0 Å². The molecule has 0 radical (unpaired) electrons. The summed E-state index contributed by atoms with van der Waals surface area (Å²) in [6, 6.07) is 14.0. The Morgan fingerprint density at radius 1 is 1.15 bits per heavy atom. The highest BCUT2D eigenvalue weighted by molar-refractivity contribution is 7.87. The van der Waals surface area contributed by atoms with Gasteiger partial charge < -0.3 is 5.73 Å². The Morgan fingerprint density at radius 3 is 2.35 bits per heavy atom. The topological polar surface area (TPSA) is 107 Å². The number of nitrogens with two attached hydrogens (primary N) is 1. The summed E-state index contributed by atoms with van der Waals surface area (Å²) < 4.78 is 33.4. The first-order valence-electron chi connectivity index (χ1n) is 5.56. The van der Waals surface area contributed by atoms with Gasteiger partial charge in [-0.1, -0.05) is 18.2 Å². The van der Waals surface area contributed by atoms with Crippen LogP contribution in [-0.4, -0.2) is 13.0 Å². The number of hydrogen-bond donors (Lipinski definition) is 2. The number of anilines is 3. The number of para-hydroxylation sites is 1. The molecule has 102 valence electrons. The van der Waals surface area contributed by atoms with E-state index in [4.69, 9.17) is 11.0 Å². The number of benzene rings is 2. The van der Waals surface area contributed by atoms with E-state index < -0.39 is 10.3 Å². The fourth-order valence-corrected chi connectivity index (χ4v) is 2.56. The van der Waals surface area contributed by atoms with Gasteiger partial charge in [0.25, 0.3) is 0 Å². The zero-order chi connectivity index (χ0) is 14.8. The Kier molecular flexibility index (Phi) is 3.61. The van der Waals surface area contributed by atoms with Crippen LogP contribution < -0.4 is 10.0 Å². The van der Waals surface area contributed by atoms with Crippen molar-refractivity contribution in [1.82, 2.24) is 0 Å². The Hall–Kier alpha value is -2.56. The predicted octanol–water partition coefficient (Wildman–Crippen LogP) is 2.08. The molecule has 2 aromatic carbocycles. The van der Waals surface area contributed by atoms with Crippen LogP contribution in [0.1, 0.15) is 5.56 Å². The standard InChI is InChI=1S/C13H11N3O3S/c14-9-10-6-7-11(15)8-13(10)16(20(17,18)19)12-4-2-1-3-5-12/h1-8H,15H2,(H,17,18,19). The smallest absolute Gasteiger partial charge is 0.364 e. The van der Waals surface area contributed by atoms with Gasteiger partial charge in [0.15, 0.2) is 0 Å². The molecule has 20 heavy (non-hydrogen) atoms. The van der Waals surface area contributed by atoms with Crippen LogP contribution in [0, 0.1) is 11.3 Å². The van der Waals surface area contributed by atoms with Crippen LogP contribution in [0.4, 0.5) is 17.1 Å². The molecule has 0 fully saturated rings. The van der Waals surface area contributed by atoms with Crippen LogP contribution in [0.3, 0.4) is 0 Å². The maximum Gasteiger partial charge on any atom is 0.364 e. The fourth-order valence-electron chi connectivity index (χ4n) is 1.77. The Labute approximate surface area is 116 Å².